The Bertz CT molecular complexity index is 259. The Morgan fingerprint density at radius 3 is 1.90 bits per heavy atom. The predicted octanol–water partition coefficient (Wildman–Crippen LogP) is 3.91. The Hall–Kier alpha value is -0.0800. The van der Waals surface area contributed by atoms with Crippen molar-refractivity contribution in [3.8, 4) is 0 Å². The summed E-state index contributed by atoms with van der Waals surface area (Å²) >= 11 is 0. The minimum atomic E-state index is 0.833. The first-order valence-corrected chi connectivity index (χ1v) is 9.03. The van der Waals surface area contributed by atoms with Gasteiger partial charge in [0.25, 0.3) is 0 Å². The topological polar surface area (TPSA) is 15.3 Å². The Balaban J connectivity index is 1.76. The van der Waals surface area contributed by atoms with Crippen LogP contribution < -0.4 is 5.32 Å². The van der Waals surface area contributed by atoms with E-state index in [1.54, 1.807) is 0 Å². The summed E-state index contributed by atoms with van der Waals surface area (Å²) in [5.41, 5.74) is 0. The summed E-state index contributed by atoms with van der Waals surface area (Å²) in [6.07, 6.45) is 8.44. The largest absolute Gasteiger partial charge is 0.314 e. The number of nitrogens with one attached hydrogen (secondary N) is 1. The summed E-state index contributed by atoms with van der Waals surface area (Å²) in [4.78, 5) is 2.82. The van der Waals surface area contributed by atoms with Gasteiger partial charge in [-0.1, -0.05) is 27.7 Å². The van der Waals surface area contributed by atoms with E-state index in [4.69, 9.17) is 0 Å². The highest BCUT2D eigenvalue weighted by Gasteiger charge is 2.36. The van der Waals surface area contributed by atoms with Crippen molar-refractivity contribution in [2.75, 3.05) is 19.6 Å². The average molecular weight is 281 g/mol. The highest BCUT2D eigenvalue weighted by Crippen LogP contribution is 2.33. The first-order chi connectivity index (χ1) is 9.56. The molecule has 0 radical (unpaired) electrons. The van der Waals surface area contributed by atoms with Crippen molar-refractivity contribution >= 4 is 0 Å². The van der Waals surface area contributed by atoms with Gasteiger partial charge in [-0.2, -0.15) is 0 Å². The monoisotopic (exact) mass is 280 g/mol. The van der Waals surface area contributed by atoms with E-state index in [2.05, 4.69) is 37.9 Å². The molecule has 2 atom stereocenters. The Morgan fingerprint density at radius 1 is 0.900 bits per heavy atom. The lowest BCUT2D eigenvalue weighted by atomic mass is 9.78. The first kappa shape index (κ1) is 16.3. The molecule has 2 saturated carbocycles. The van der Waals surface area contributed by atoms with Crippen molar-refractivity contribution in [3.63, 3.8) is 0 Å². The molecule has 0 aromatic rings. The zero-order valence-electron chi connectivity index (χ0n) is 14.2. The highest BCUT2D eigenvalue weighted by molar-refractivity contribution is 4.92. The predicted molar refractivity (Wildman–Crippen MR) is 88.0 cm³/mol. The summed E-state index contributed by atoms with van der Waals surface area (Å²) in [6, 6.07) is 1.75. The zero-order chi connectivity index (χ0) is 14.5. The van der Waals surface area contributed by atoms with Gasteiger partial charge in [0.15, 0.2) is 0 Å². The molecule has 2 heteroatoms. The third-order valence-electron chi connectivity index (χ3n) is 5.08. The van der Waals surface area contributed by atoms with Crippen molar-refractivity contribution in [2.24, 2.45) is 17.8 Å². The molecule has 0 saturated heterocycles. The van der Waals surface area contributed by atoms with Crippen molar-refractivity contribution in [3.05, 3.63) is 0 Å². The van der Waals surface area contributed by atoms with Gasteiger partial charge in [0.1, 0.15) is 0 Å². The van der Waals surface area contributed by atoms with Gasteiger partial charge in [0.2, 0.25) is 0 Å². The lowest BCUT2D eigenvalue weighted by molar-refractivity contribution is 0.0541. The molecule has 0 spiro atoms. The standard InChI is InChI=1S/C18H36N2/c1-14(2)9-11-20(12-10-15(3)4)18-8-5-16(18)13-19-17-6-7-17/h14-19H,5-13H2,1-4H3. The summed E-state index contributed by atoms with van der Waals surface area (Å²) in [6.45, 7) is 13.3. The van der Waals surface area contributed by atoms with Gasteiger partial charge >= 0.3 is 0 Å². The van der Waals surface area contributed by atoms with Gasteiger partial charge < -0.3 is 10.2 Å². The maximum atomic E-state index is 3.75. The molecule has 2 fully saturated rings. The van der Waals surface area contributed by atoms with Crippen LogP contribution in [0.2, 0.25) is 0 Å². The van der Waals surface area contributed by atoms with E-state index in [0.717, 1.165) is 29.8 Å². The van der Waals surface area contributed by atoms with E-state index in [1.165, 1.54) is 58.2 Å². The second-order valence-corrected chi connectivity index (χ2v) is 7.99. The van der Waals surface area contributed by atoms with E-state index < -0.39 is 0 Å². The Labute approximate surface area is 126 Å². The van der Waals surface area contributed by atoms with E-state index in [9.17, 15) is 0 Å². The van der Waals surface area contributed by atoms with Crippen molar-refractivity contribution in [1.82, 2.24) is 10.2 Å². The minimum Gasteiger partial charge on any atom is -0.314 e. The molecule has 2 nitrogen and oxygen atoms in total. The molecular weight excluding hydrogens is 244 g/mol. The Morgan fingerprint density at radius 2 is 1.50 bits per heavy atom. The van der Waals surface area contributed by atoms with Crippen LogP contribution in [0.1, 0.15) is 66.2 Å². The van der Waals surface area contributed by atoms with Crippen LogP contribution in [0.15, 0.2) is 0 Å². The first-order valence-electron chi connectivity index (χ1n) is 9.03. The molecule has 20 heavy (non-hydrogen) atoms. The van der Waals surface area contributed by atoms with Gasteiger partial charge in [-0.25, -0.2) is 0 Å². The average Bonchev–Trinajstić information content (AvgIpc) is 3.14. The summed E-state index contributed by atoms with van der Waals surface area (Å²) in [5.74, 6) is 2.59. The van der Waals surface area contributed by atoms with Crippen LogP contribution in [0.3, 0.4) is 0 Å². The fraction of sp³-hybridized carbons (Fsp3) is 1.00. The third-order valence-corrected chi connectivity index (χ3v) is 5.08. The molecule has 2 aliphatic rings. The second kappa shape index (κ2) is 7.79. The van der Waals surface area contributed by atoms with Crippen LogP contribution in [0.4, 0.5) is 0 Å². The van der Waals surface area contributed by atoms with Gasteiger partial charge in [-0.15, -0.1) is 0 Å². The van der Waals surface area contributed by atoms with Crippen molar-refractivity contribution in [2.45, 2.75) is 78.3 Å². The minimum absolute atomic E-state index is 0.833. The van der Waals surface area contributed by atoms with Crippen LogP contribution in [0.25, 0.3) is 0 Å². The van der Waals surface area contributed by atoms with Gasteiger partial charge in [0, 0.05) is 12.1 Å². The normalized spacial score (nSPS) is 26.6. The van der Waals surface area contributed by atoms with Crippen LogP contribution in [-0.2, 0) is 0 Å². The fourth-order valence-electron chi connectivity index (χ4n) is 3.17. The second-order valence-electron chi connectivity index (χ2n) is 7.99. The summed E-state index contributed by atoms with van der Waals surface area (Å²) < 4.78 is 0. The number of nitrogens with zero attached hydrogens (tertiary/aromatic N) is 1. The molecule has 2 unspecified atom stereocenters. The molecular formula is C18H36N2. The van der Waals surface area contributed by atoms with Gasteiger partial charge in [0.05, 0.1) is 0 Å². The zero-order valence-corrected chi connectivity index (χ0v) is 14.2. The van der Waals surface area contributed by atoms with Crippen LogP contribution in [0.5, 0.6) is 0 Å². The van der Waals surface area contributed by atoms with E-state index in [0.29, 0.717) is 0 Å². The molecule has 0 bridgehead atoms. The van der Waals surface area contributed by atoms with Gasteiger partial charge in [-0.3, -0.25) is 0 Å². The van der Waals surface area contributed by atoms with E-state index >= 15 is 0 Å². The number of rotatable bonds is 10. The third kappa shape index (κ3) is 5.37. The smallest absolute Gasteiger partial charge is 0.0136 e. The molecule has 0 aromatic heterocycles. The number of hydrogen-bond donors (Lipinski definition) is 1. The van der Waals surface area contributed by atoms with Crippen molar-refractivity contribution < 1.29 is 0 Å². The van der Waals surface area contributed by atoms with Crippen LogP contribution >= 0.6 is 0 Å². The quantitative estimate of drug-likeness (QED) is 0.652. The lowest BCUT2D eigenvalue weighted by Crippen LogP contribution is -2.51. The maximum Gasteiger partial charge on any atom is 0.0136 e. The van der Waals surface area contributed by atoms with Crippen LogP contribution in [-0.4, -0.2) is 36.6 Å². The van der Waals surface area contributed by atoms with Gasteiger partial charge in [-0.05, 0) is 75.9 Å². The molecule has 0 aromatic carbocycles. The Kier molecular flexibility index (Phi) is 6.35. The summed E-state index contributed by atoms with van der Waals surface area (Å²) in [5, 5.41) is 3.75. The summed E-state index contributed by atoms with van der Waals surface area (Å²) in [7, 11) is 0. The van der Waals surface area contributed by atoms with E-state index in [1.807, 2.05) is 0 Å². The molecule has 0 heterocycles. The molecule has 0 amide bonds. The number of hydrogen-bond acceptors (Lipinski definition) is 2. The molecule has 2 aliphatic carbocycles. The highest BCUT2D eigenvalue weighted by atomic mass is 15.2. The lowest BCUT2D eigenvalue weighted by Gasteiger charge is -2.45. The van der Waals surface area contributed by atoms with Crippen molar-refractivity contribution in [1.29, 1.82) is 0 Å². The van der Waals surface area contributed by atoms with Crippen LogP contribution in [0, 0.1) is 17.8 Å². The molecule has 118 valence electrons. The van der Waals surface area contributed by atoms with E-state index in [-0.39, 0.29) is 0 Å². The fourth-order valence-corrected chi connectivity index (χ4v) is 3.17. The molecule has 0 aliphatic heterocycles. The SMILES string of the molecule is CC(C)CCN(CCC(C)C)C1CCC1CNC1CC1. The maximum absolute atomic E-state index is 3.75. The molecule has 2 rings (SSSR count). The molecule has 1 N–H and O–H groups in total.